The van der Waals surface area contributed by atoms with E-state index in [0.717, 1.165) is 44.6 Å². The smallest absolute Gasteiger partial charge is 0.306 e. The molecule has 2 heterocycles. The van der Waals surface area contributed by atoms with Gasteiger partial charge in [0.25, 0.3) is 5.56 Å². The van der Waals surface area contributed by atoms with Crippen LogP contribution in [0.25, 0.3) is 22.4 Å². The Morgan fingerprint density at radius 2 is 1.88 bits per heavy atom. The van der Waals surface area contributed by atoms with Gasteiger partial charge in [-0.2, -0.15) is 5.10 Å². The maximum absolute atomic E-state index is 15.3. The summed E-state index contributed by atoms with van der Waals surface area (Å²) in [5, 5.41) is 4.40. The van der Waals surface area contributed by atoms with Gasteiger partial charge in [-0.25, -0.2) is 9.07 Å². The van der Waals surface area contributed by atoms with Crippen LogP contribution in [0.2, 0.25) is 0 Å². The molecule has 2 aliphatic rings. The zero-order chi connectivity index (χ0) is 28.8. The Morgan fingerprint density at radius 1 is 1.10 bits per heavy atom. The van der Waals surface area contributed by atoms with Crippen molar-refractivity contribution in [3.63, 3.8) is 0 Å². The van der Waals surface area contributed by atoms with Gasteiger partial charge in [0.05, 0.1) is 25.8 Å². The summed E-state index contributed by atoms with van der Waals surface area (Å²) in [5.41, 5.74) is 8.16. The fraction of sp³-hybridized carbons (Fsp3) is 0.303. The summed E-state index contributed by atoms with van der Waals surface area (Å²) >= 11 is 0. The highest BCUT2D eigenvalue weighted by atomic mass is 19.1. The minimum Gasteiger partial charge on any atom is -0.492 e. The number of aryl methyl sites for hydroxylation is 3. The molecule has 7 nitrogen and oxygen atoms in total. The lowest BCUT2D eigenvalue weighted by Gasteiger charge is -2.19. The van der Waals surface area contributed by atoms with Gasteiger partial charge in [0.2, 0.25) is 0 Å². The van der Waals surface area contributed by atoms with Crippen molar-refractivity contribution in [2.75, 3.05) is 13.7 Å². The number of carbonyl (C=O) groups is 1. The average molecular weight is 555 g/mol. The zero-order valence-electron chi connectivity index (χ0n) is 23.5. The predicted octanol–water partition coefficient (Wildman–Crippen LogP) is 5.98. The van der Waals surface area contributed by atoms with Crippen LogP contribution in [-0.4, -0.2) is 29.5 Å². The van der Waals surface area contributed by atoms with Gasteiger partial charge >= 0.3 is 5.97 Å². The van der Waals surface area contributed by atoms with Crippen LogP contribution in [0.4, 0.5) is 4.39 Å². The molecule has 2 atom stereocenters. The summed E-state index contributed by atoms with van der Waals surface area (Å²) in [5.74, 6) is 0.684. The van der Waals surface area contributed by atoms with E-state index in [0.29, 0.717) is 36.5 Å². The molecule has 0 fully saturated rings. The minimum absolute atomic E-state index is 0.0545. The summed E-state index contributed by atoms with van der Waals surface area (Å²) in [6.07, 6.45) is 1.18. The first-order chi connectivity index (χ1) is 19.7. The lowest BCUT2D eigenvalue weighted by molar-refractivity contribution is -0.141. The van der Waals surface area contributed by atoms with Crippen LogP contribution in [0, 0.1) is 19.7 Å². The molecule has 0 saturated heterocycles. The summed E-state index contributed by atoms with van der Waals surface area (Å²) < 4.78 is 33.6. The maximum Gasteiger partial charge on any atom is 0.306 e. The predicted molar refractivity (Wildman–Crippen MR) is 153 cm³/mol. The average Bonchev–Trinajstić information content (AvgIpc) is 3.55. The molecule has 0 spiro atoms. The normalized spacial score (nSPS) is 17.1. The number of hydrogen-bond acceptors (Lipinski definition) is 6. The lowest BCUT2D eigenvalue weighted by atomic mass is 9.88. The van der Waals surface area contributed by atoms with Gasteiger partial charge in [-0.3, -0.25) is 9.59 Å². The minimum atomic E-state index is -0.426. The topological polar surface area (TPSA) is 79.7 Å². The third kappa shape index (κ3) is 4.88. The highest BCUT2D eigenvalue weighted by Gasteiger charge is 2.32. The molecule has 0 unspecified atom stereocenters. The Kier molecular flexibility index (Phi) is 6.85. The number of esters is 1. The SMILES string of the molecule is COC(=O)C[C@@H]1COc2cc(O[C@@H]3CCc4c(-c5c(C)cc(-c6ccc(=O)n(C)n6)cc5C)ccc(F)c43)ccc21. The Balaban J connectivity index is 1.30. The molecule has 0 saturated carbocycles. The van der Waals surface area contributed by atoms with Crippen molar-refractivity contribution in [1.82, 2.24) is 9.78 Å². The van der Waals surface area contributed by atoms with E-state index < -0.39 is 6.10 Å². The van der Waals surface area contributed by atoms with E-state index in [2.05, 4.69) is 17.2 Å². The van der Waals surface area contributed by atoms with Crippen LogP contribution in [-0.2, 0) is 23.0 Å². The standard InChI is InChI=1S/C33H31FN2O5/c1-18-13-20(27-10-12-30(37)36(3)35-27)14-19(2)32(18)24-7-9-26(34)33-25(24)8-11-28(33)41-22-5-6-23-21(15-31(38)39-4)17-40-29(23)16-22/h5-7,9-10,12-14,16,21,28H,8,11,15,17H2,1-4H3/t21-,28-/m1/s1. The van der Waals surface area contributed by atoms with E-state index in [1.54, 1.807) is 13.1 Å². The summed E-state index contributed by atoms with van der Waals surface area (Å²) in [7, 11) is 3.02. The molecule has 41 heavy (non-hydrogen) atoms. The highest BCUT2D eigenvalue weighted by Crippen LogP contribution is 2.45. The Labute approximate surface area is 237 Å². The number of ether oxygens (including phenoxy) is 3. The molecule has 210 valence electrons. The fourth-order valence-electron chi connectivity index (χ4n) is 6.17. The van der Waals surface area contributed by atoms with Gasteiger partial charge in [0, 0.05) is 41.8 Å². The molecular formula is C33H31FN2O5. The second-order valence-electron chi connectivity index (χ2n) is 10.8. The Morgan fingerprint density at radius 3 is 2.61 bits per heavy atom. The fourth-order valence-corrected chi connectivity index (χ4v) is 6.17. The van der Waals surface area contributed by atoms with Gasteiger partial charge in [-0.15, -0.1) is 0 Å². The van der Waals surface area contributed by atoms with Crippen LogP contribution in [0.15, 0.2) is 59.4 Å². The molecule has 1 aromatic heterocycles. The van der Waals surface area contributed by atoms with Gasteiger partial charge in [-0.05, 0) is 84.8 Å². The molecule has 4 aromatic rings. The maximum atomic E-state index is 15.3. The molecule has 1 aliphatic heterocycles. The molecule has 0 bridgehead atoms. The quantitative estimate of drug-likeness (QED) is 0.273. The molecule has 8 heteroatoms. The molecule has 0 radical (unpaired) electrons. The molecule has 6 rings (SSSR count). The van der Waals surface area contributed by atoms with E-state index in [-0.39, 0.29) is 29.7 Å². The van der Waals surface area contributed by atoms with Crippen molar-refractivity contribution in [2.24, 2.45) is 7.05 Å². The van der Waals surface area contributed by atoms with Crippen molar-refractivity contribution in [3.8, 4) is 33.9 Å². The molecule has 0 N–H and O–H groups in total. The number of hydrogen-bond donors (Lipinski definition) is 0. The number of aromatic nitrogens is 2. The number of benzene rings is 3. The summed E-state index contributed by atoms with van der Waals surface area (Å²) in [6.45, 7) is 4.50. The number of halogens is 1. The van der Waals surface area contributed by atoms with E-state index in [4.69, 9.17) is 14.2 Å². The number of rotatable bonds is 6. The van der Waals surface area contributed by atoms with E-state index in [1.165, 1.54) is 23.9 Å². The van der Waals surface area contributed by atoms with Gasteiger partial charge < -0.3 is 14.2 Å². The van der Waals surface area contributed by atoms with Gasteiger partial charge in [0.1, 0.15) is 23.4 Å². The van der Waals surface area contributed by atoms with Crippen LogP contribution in [0.5, 0.6) is 11.5 Å². The van der Waals surface area contributed by atoms with Gasteiger partial charge in [0.15, 0.2) is 0 Å². The summed E-state index contributed by atoms with van der Waals surface area (Å²) in [4.78, 5) is 23.5. The van der Waals surface area contributed by atoms with Crippen LogP contribution in [0.3, 0.4) is 0 Å². The van der Waals surface area contributed by atoms with Crippen molar-refractivity contribution in [1.29, 1.82) is 0 Å². The Hall–Kier alpha value is -4.46. The number of carbonyl (C=O) groups excluding carboxylic acids is 1. The molecule has 1 aliphatic carbocycles. The first-order valence-corrected chi connectivity index (χ1v) is 13.7. The van der Waals surface area contributed by atoms with Crippen molar-refractivity contribution >= 4 is 5.97 Å². The van der Waals surface area contributed by atoms with E-state index >= 15 is 4.39 Å². The second kappa shape index (κ2) is 10.5. The number of methoxy groups -OCH3 is 1. The summed E-state index contributed by atoms with van der Waals surface area (Å²) in [6, 6.07) is 16.4. The highest BCUT2D eigenvalue weighted by molar-refractivity contribution is 5.79. The largest absolute Gasteiger partial charge is 0.492 e. The van der Waals surface area contributed by atoms with Crippen LogP contribution >= 0.6 is 0 Å². The van der Waals surface area contributed by atoms with E-state index in [9.17, 15) is 9.59 Å². The Bertz CT molecular complexity index is 1720. The van der Waals surface area contributed by atoms with Crippen LogP contribution < -0.4 is 15.0 Å². The van der Waals surface area contributed by atoms with E-state index in [1.807, 2.05) is 38.1 Å². The molecule has 0 amide bonds. The molecular weight excluding hydrogens is 523 g/mol. The zero-order valence-corrected chi connectivity index (χ0v) is 23.5. The van der Waals surface area contributed by atoms with Crippen molar-refractivity contribution in [2.45, 2.75) is 45.1 Å². The molecule has 3 aromatic carbocycles. The van der Waals surface area contributed by atoms with Crippen molar-refractivity contribution in [3.05, 3.63) is 98.6 Å². The first kappa shape index (κ1) is 26.7. The lowest BCUT2D eigenvalue weighted by Crippen LogP contribution is -2.18. The third-order valence-corrected chi connectivity index (χ3v) is 8.12. The second-order valence-corrected chi connectivity index (χ2v) is 10.8. The number of fused-ring (bicyclic) bond motifs is 2. The van der Waals surface area contributed by atoms with Crippen molar-refractivity contribution < 1.29 is 23.4 Å². The van der Waals surface area contributed by atoms with Crippen LogP contribution in [0.1, 0.15) is 52.7 Å². The third-order valence-electron chi connectivity index (χ3n) is 8.12. The van der Waals surface area contributed by atoms with Gasteiger partial charge in [-0.1, -0.05) is 12.1 Å². The first-order valence-electron chi connectivity index (χ1n) is 13.7. The number of nitrogens with zero attached hydrogens (tertiary/aromatic N) is 2. The monoisotopic (exact) mass is 554 g/mol.